The van der Waals surface area contributed by atoms with Crippen LogP contribution >= 0.6 is 0 Å². The van der Waals surface area contributed by atoms with Crippen LogP contribution in [0.25, 0.3) is 0 Å². The van der Waals surface area contributed by atoms with Gasteiger partial charge in [0.05, 0.1) is 19.3 Å². The van der Waals surface area contributed by atoms with Crippen LogP contribution in [0.15, 0.2) is 24.3 Å². The van der Waals surface area contributed by atoms with Crippen molar-refractivity contribution in [3.63, 3.8) is 0 Å². The van der Waals surface area contributed by atoms with Crippen molar-refractivity contribution in [2.45, 2.75) is 38.1 Å². The summed E-state index contributed by atoms with van der Waals surface area (Å²) in [6.07, 6.45) is 3.30. The van der Waals surface area contributed by atoms with Crippen molar-refractivity contribution in [2.75, 3.05) is 19.8 Å². The Bertz CT molecular complexity index is 420. The van der Waals surface area contributed by atoms with Crippen LogP contribution in [-0.4, -0.2) is 37.0 Å². The SMILES string of the molecule is Fc1ccccc1CN1CCCC[C@H]1C1OCCO1. The second-order valence-electron chi connectivity index (χ2n) is 5.23. The van der Waals surface area contributed by atoms with Gasteiger partial charge in [-0.1, -0.05) is 24.6 Å². The molecule has 0 radical (unpaired) electrons. The molecule has 0 aliphatic carbocycles. The van der Waals surface area contributed by atoms with Crippen molar-refractivity contribution in [3.8, 4) is 0 Å². The molecule has 3 nitrogen and oxygen atoms in total. The Hall–Kier alpha value is -0.970. The zero-order valence-corrected chi connectivity index (χ0v) is 11.1. The van der Waals surface area contributed by atoms with Crippen molar-refractivity contribution in [2.24, 2.45) is 0 Å². The highest BCUT2D eigenvalue weighted by Gasteiger charge is 2.33. The lowest BCUT2D eigenvalue weighted by Gasteiger charge is -2.38. The largest absolute Gasteiger partial charge is 0.349 e. The fourth-order valence-corrected chi connectivity index (χ4v) is 2.97. The van der Waals surface area contributed by atoms with Crippen LogP contribution in [0.4, 0.5) is 4.39 Å². The van der Waals surface area contributed by atoms with Crippen molar-refractivity contribution in [1.82, 2.24) is 4.90 Å². The average molecular weight is 265 g/mol. The summed E-state index contributed by atoms with van der Waals surface area (Å²) in [4.78, 5) is 2.30. The summed E-state index contributed by atoms with van der Waals surface area (Å²) in [6.45, 7) is 2.98. The van der Waals surface area contributed by atoms with E-state index in [1.807, 2.05) is 12.1 Å². The molecular weight excluding hydrogens is 245 g/mol. The molecule has 2 saturated heterocycles. The van der Waals surface area contributed by atoms with Crippen LogP contribution in [-0.2, 0) is 16.0 Å². The maximum Gasteiger partial charge on any atom is 0.173 e. The van der Waals surface area contributed by atoms with Crippen molar-refractivity contribution in [3.05, 3.63) is 35.6 Å². The Balaban J connectivity index is 1.71. The van der Waals surface area contributed by atoms with Crippen LogP contribution in [0.3, 0.4) is 0 Å². The lowest BCUT2D eigenvalue weighted by atomic mass is 10.0. The third-order valence-electron chi connectivity index (χ3n) is 3.96. The third-order valence-corrected chi connectivity index (χ3v) is 3.96. The standard InChI is InChI=1S/C15H20FNO2/c16-13-6-2-1-5-12(13)11-17-8-4-3-7-14(17)15-18-9-10-19-15/h1-2,5-6,14-15H,3-4,7-11H2/t14-/m0/s1. The first-order valence-electron chi connectivity index (χ1n) is 7.05. The van der Waals surface area contributed by atoms with Gasteiger partial charge in [0.2, 0.25) is 0 Å². The smallest absolute Gasteiger partial charge is 0.173 e. The molecule has 1 atom stereocenters. The molecule has 0 saturated carbocycles. The maximum atomic E-state index is 13.8. The number of piperidine rings is 1. The number of rotatable bonds is 3. The minimum absolute atomic E-state index is 0.125. The van der Waals surface area contributed by atoms with Gasteiger partial charge in [0, 0.05) is 12.1 Å². The Morgan fingerprint density at radius 1 is 1.16 bits per heavy atom. The highest BCUT2D eigenvalue weighted by Crippen LogP contribution is 2.26. The summed E-state index contributed by atoms with van der Waals surface area (Å²) in [5.74, 6) is -0.125. The van der Waals surface area contributed by atoms with Gasteiger partial charge in [0.15, 0.2) is 6.29 Å². The molecule has 2 aliphatic rings. The Kier molecular flexibility index (Phi) is 4.11. The topological polar surface area (TPSA) is 21.7 Å². The highest BCUT2D eigenvalue weighted by atomic mass is 19.1. The van der Waals surface area contributed by atoms with Gasteiger partial charge in [-0.2, -0.15) is 0 Å². The van der Waals surface area contributed by atoms with E-state index in [4.69, 9.17) is 9.47 Å². The predicted molar refractivity (Wildman–Crippen MR) is 70.1 cm³/mol. The van der Waals surface area contributed by atoms with Gasteiger partial charge in [0.25, 0.3) is 0 Å². The third kappa shape index (κ3) is 2.96. The number of benzene rings is 1. The number of ether oxygens (including phenoxy) is 2. The van der Waals surface area contributed by atoms with E-state index in [2.05, 4.69) is 4.90 Å². The summed E-state index contributed by atoms with van der Waals surface area (Å²) in [6, 6.07) is 7.26. The maximum absolute atomic E-state index is 13.8. The van der Waals surface area contributed by atoms with Crippen LogP contribution in [0.1, 0.15) is 24.8 Å². The van der Waals surface area contributed by atoms with Gasteiger partial charge >= 0.3 is 0 Å². The fraction of sp³-hybridized carbons (Fsp3) is 0.600. The summed E-state index contributed by atoms with van der Waals surface area (Å²) >= 11 is 0. The Labute approximate surface area is 113 Å². The first-order valence-corrected chi connectivity index (χ1v) is 7.05. The summed E-state index contributed by atoms with van der Waals surface area (Å²) in [5, 5.41) is 0. The van der Waals surface area contributed by atoms with E-state index in [1.54, 1.807) is 6.07 Å². The van der Waals surface area contributed by atoms with Crippen molar-refractivity contribution >= 4 is 0 Å². The summed E-state index contributed by atoms with van der Waals surface area (Å²) in [7, 11) is 0. The molecule has 104 valence electrons. The molecule has 2 heterocycles. The monoisotopic (exact) mass is 265 g/mol. The summed E-state index contributed by atoms with van der Waals surface area (Å²) in [5.41, 5.74) is 0.757. The number of nitrogens with zero attached hydrogens (tertiary/aromatic N) is 1. The molecule has 1 aromatic rings. The van der Waals surface area contributed by atoms with Gasteiger partial charge < -0.3 is 9.47 Å². The number of hydrogen-bond donors (Lipinski definition) is 0. The zero-order chi connectivity index (χ0) is 13.1. The van der Waals surface area contributed by atoms with E-state index in [1.165, 1.54) is 12.5 Å². The molecule has 2 aliphatic heterocycles. The van der Waals surface area contributed by atoms with Crippen LogP contribution < -0.4 is 0 Å². The highest BCUT2D eigenvalue weighted by molar-refractivity contribution is 5.17. The normalized spacial score (nSPS) is 25.8. The van der Waals surface area contributed by atoms with Crippen LogP contribution in [0.5, 0.6) is 0 Å². The van der Waals surface area contributed by atoms with E-state index >= 15 is 0 Å². The van der Waals surface area contributed by atoms with E-state index in [9.17, 15) is 4.39 Å². The molecule has 0 N–H and O–H groups in total. The molecule has 0 aromatic heterocycles. The molecule has 4 heteroatoms. The van der Waals surface area contributed by atoms with Crippen molar-refractivity contribution in [1.29, 1.82) is 0 Å². The van der Waals surface area contributed by atoms with Crippen LogP contribution in [0.2, 0.25) is 0 Å². The second-order valence-corrected chi connectivity index (χ2v) is 5.23. The number of hydrogen-bond acceptors (Lipinski definition) is 3. The Morgan fingerprint density at radius 3 is 2.74 bits per heavy atom. The predicted octanol–water partition coefficient (Wildman–Crippen LogP) is 2.55. The van der Waals surface area contributed by atoms with Crippen LogP contribution in [0, 0.1) is 5.82 Å². The average Bonchev–Trinajstić information content (AvgIpc) is 2.96. The molecule has 0 bridgehead atoms. The molecule has 0 unspecified atom stereocenters. The Morgan fingerprint density at radius 2 is 1.95 bits per heavy atom. The van der Waals surface area contributed by atoms with E-state index in [0.29, 0.717) is 19.8 Å². The molecule has 1 aromatic carbocycles. The van der Waals surface area contributed by atoms with Gasteiger partial charge in [-0.25, -0.2) is 4.39 Å². The van der Waals surface area contributed by atoms with E-state index in [-0.39, 0.29) is 18.1 Å². The number of likely N-dealkylation sites (tertiary alicyclic amines) is 1. The van der Waals surface area contributed by atoms with E-state index in [0.717, 1.165) is 24.9 Å². The lowest BCUT2D eigenvalue weighted by Crippen LogP contribution is -2.46. The molecule has 2 fully saturated rings. The molecule has 3 rings (SSSR count). The van der Waals surface area contributed by atoms with Gasteiger partial charge in [-0.05, 0) is 25.5 Å². The first kappa shape index (κ1) is 13.0. The molecular formula is C15H20FNO2. The second kappa shape index (κ2) is 5.99. The lowest BCUT2D eigenvalue weighted by molar-refractivity contribution is -0.111. The zero-order valence-electron chi connectivity index (χ0n) is 11.1. The minimum Gasteiger partial charge on any atom is -0.349 e. The van der Waals surface area contributed by atoms with Gasteiger partial charge in [-0.15, -0.1) is 0 Å². The first-order chi connectivity index (χ1) is 9.34. The molecule has 19 heavy (non-hydrogen) atoms. The number of halogens is 1. The summed E-state index contributed by atoms with van der Waals surface area (Å²) < 4.78 is 25.0. The van der Waals surface area contributed by atoms with Gasteiger partial charge in [-0.3, -0.25) is 4.90 Å². The fourth-order valence-electron chi connectivity index (χ4n) is 2.97. The van der Waals surface area contributed by atoms with Gasteiger partial charge in [0.1, 0.15) is 5.82 Å². The van der Waals surface area contributed by atoms with Crippen molar-refractivity contribution < 1.29 is 13.9 Å². The molecule has 0 spiro atoms. The minimum atomic E-state index is -0.132. The van der Waals surface area contributed by atoms with E-state index < -0.39 is 0 Å². The molecule has 0 amide bonds. The quantitative estimate of drug-likeness (QED) is 0.838.